The maximum Gasteiger partial charge on any atom is 0.256 e. The van der Waals surface area contributed by atoms with Crippen LogP contribution in [0.1, 0.15) is 57.6 Å². The van der Waals surface area contributed by atoms with Gasteiger partial charge >= 0.3 is 0 Å². The first-order valence-electron chi connectivity index (χ1n) is 11.3. The molecule has 1 N–H and O–H groups in total. The molecular weight excluding hydrogens is 421 g/mol. The van der Waals surface area contributed by atoms with Crippen LogP contribution < -0.4 is 5.56 Å². The maximum absolute atomic E-state index is 14.1. The first-order chi connectivity index (χ1) is 16.0. The summed E-state index contributed by atoms with van der Waals surface area (Å²) in [4.78, 5) is 42.0. The SMILES string of the molecule is Cc1ncccc1C(=O)N1CCC[C@@H]1c1nc2c(c(=O)[nH]1)CN(Cc1ccccc1F)CC2. The summed E-state index contributed by atoms with van der Waals surface area (Å²) in [5, 5.41) is 0. The Kier molecular flexibility index (Phi) is 5.76. The summed E-state index contributed by atoms with van der Waals surface area (Å²) < 4.78 is 14.1. The smallest absolute Gasteiger partial charge is 0.256 e. The number of H-pyrrole nitrogens is 1. The van der Waals surface area contributed by atoms with Gasteiger partial charge in [-0.15, -0.1) is 0 Å². The lowest BCUT2D eigenvalue weighted by atomic mass is 10.0. The molecule has 1 atom stereocenters. The van der Waals surface area contributed by atoms with E-state index in [1.54, 1.807) is 35.4 Å². The standard InChI is InChI=1S/C25H26FN5O2/c1-16-18(7-4-11-27-16)25(33)31-12-5-9-22(31)23-28-21-10-13-30(15-19(21)24(32)29-23)14-17-6-2-3-8-20(17)26/h2-4,6-8,11,22H,5,9-10,12-15H2,1H3,(H,28,29,32)/t22-/m1/s1. The number of aryl methyl sites for hydroxylation is 1. The fourth-order valence-corrected chi connectivity index (χ4v) is 4.82. The third kappa shape index (κ3) is 4.18. The number of likely N-dealkylation sites (tertiary alicyclic amines) is 1. The molecule has 4 heterocycles. The summed E-state index contributed by atoms with van der Waals surface area (Å²) in [5.41, 5.74) is 3.11. The molecule has 33 heavy (non-hydrogen) atoms. The zero-order valence-electron chi connectivity index (χ0n) is 18.6. The molecule has 170 valence electrons. The second-order valence-electron chi connectivity index (χ2n) is 8.72. The summed E-state index contributed by atoms with van der Waals surface area (Å²) in [6.07, 6.45) is 3.90. The summed E-state index contributed by atoms with van der Waals surface area (Å²) in [5.74, 6) is 0.230. The number of hydrogen-bond donors (Lipinski definition) is 1. The summed E-state index contributed by atoms with van der Waals surface area (Å²) in [6, 6.07) is 10.0. The lowest BCUT2D eigenvalue weighted by Crippen LogP contribution is -2.38. The van der Waals surface area contributed by atoms with Gasteiger partial charge in [0.15, 0.2) is 0 Å². The number of nitrogens with zero attached hydrogens (tertiary/aromatic N) is 4. The molecule has 2 aliphatic rings. The van der Waals surface area contributed by atoms with Crippen LogP contribution in [0.25, 0.3) is 0 Å². The van der Waals surface area contributed by atoms with E-state index in [1.807, 2.05) is 13.0 Å². The Hall–Kier alpha value is -3.39. The van der Waals surface area contributed by atoms with E-state index in [-0.39, 0.29) is 23.3 Å². The van der Waals surface area contributed by atoms with Crippen molar-refractivity contribution in [1.29, 1.82) is 0 Å². The van der Waals surface area contributed by atoms with Crippen LogP contribution in [0.15, 0.2) is 47.4 Å². The van der Waals surface area contributed by atoms with E-state index in [0.29, 0.717) is 60.8 Å². The van der Waals surface area contributed by atoms with Gasteiger partial charge in [0, 0.05) is 50.1 Å². The number of aromatic nitrogens is 3. The number of aromatic amines is 1. The fourth-order valence-electron chi connectivity index (χ4n) is 4.82. The normalized spacial score (nSPS) is 18.4. The summed E-state index contributed by atoms with van der Waals surface area (Å²) >= 11 is 0. The minimum absolute atomic E-state index is 0.0838. The molecule has 8 heteroatoms. The van der Waals surface area contributed by atoms with Crippen molar-refractivity contribution in [3.63, 3.8) is 0 Å². The third-order valence-corrected chi connectivity index (χ3v) is 6.58. The molecule has 2 aromatic heterocycles. The highest BCUT2D eigenvalue weighted by molar-refractivity contribution is 5.95. The van der Waals surface area contributed by atoms with Crippen molar-refractivity contribution in [1.82, 2.24) is 24.8 Å². The highest BCUT2D eigenvalue weighted by Crippen LogP contribution is 2.32. The molecule has 1 fully saturated rings. The number of pyridine rings is 1. The Labute approximate surface area is 191 Å². The first-order valence-corrected chi connectivity index (χ1v) is 11.3. The van der Waals surface area contributed by atoms with E-state index < -0.39 is 0 Å². The van der Waals surface area contributed by atoms with Gasteiger partial charge in [0.05, 0.1) is 22.9 Å². The molecule has 5 rings (SSSR count). The third-order valence-electron chi connectivity index (χ3n) is 6.58. The van der Waals surface area contributed by atoms with Crippen molar-refractivity contribution in [3.8, 4) is 0 Å². The summed E-state index contributed by atoms with van der Waals surface area (Å²) in [6.45, 7) is 4.01. The first kappa shape index (κ1) is 21.5. The minimum atomic E-state index is -0.258. The van der Waals surface area contributed by atoms with Crippen molar-refractivity contribution < 1.29 is 9.18 Å². The van der Waals surface area contributed by atoms with Crippen LogP contribution in [0.4, 0.5) is 4.39 Å². The van der Waals surface area contributed by atoms with E-state index in [0.717, 1.165) is 18.5 Å². The van der Waals surface area contributed by atoms with Gasteiger partial charge in [-0.1, -0.05) is 18.2 Å². The summed E-state index contributed by atoms with van der Waals surface area (Å²) in [7, 11) is 0. The van der Waals surface area contributed by atoms with Crippen LogP contribution >= 0.6 is 0 Å². The van der Waals surface area contributed by atoms with Crippen molar-refractivity contribution in [3.05, 3.63) is 92.7 Å². The average Bonchev–Trinajstić information content (AvgIpc) is 3.31. The molecule has 0 saturated carbocycles. The van der Waals surface area contributed by atoms with Gasteiger partial charge in [0.25, 0.3) is 11.5 Å². The number of hydrogen-bond acceptors (Lipinski definition) is 5. The quantitative estimate of drug-likeness (QED) is 0.665. The zero-order valence-corrected chi connectivity index (χ0v) is 18.6. The molecule has 1 amide bonds. The molecule has 0 unspecified atom stereocenters. The number of halogens is 1. The van der Waals surface area contributed by atoms with Crippen molar-refractivity contribution in [2.24, 2.45) is 0 Å². The number of rotatable bonds is 4. The Bertz CT molecular complexity index is 1260. The zero-order chi connectivity index (χ0) is 22.9. The fraction of sp³-hybridized carbons (Fsp3) is 0.360. The molecule has 0 aliphatic carbocycles. The van der Waals surface area contributed by atoms with Gasteiger partial charge in [0.2, 0.25) is 0 Å². The van der Waals surface area contributed by atoms with Crippen molar-refractivity contribution in [2.75, 3.05) is 13.1 Å². The Morgan fingerprint density at radius 3 is 2.88 bits per heavy atom. The van der Waals surface area contributed by atoms with Gasteiger partial charge in [-0.3, -0.25) is 19.5 Å². The number of carbonyl (C=O) groups is 1. The monoisotopic (exact) mass is 447 g/mol. The number of fused-ring (bicyclic) bond motifs is 1. The molecular formula is C25H26FN5O2. The van der Waals surface area contributed by atoms with Crippen LogP contribution in [-0.4, -0.2) is 43.7 Å². The molecule has 1 saturated heterocycles. The predicted molar refractivity (Wildman–Crippen MR) is 121 cm³/mol. The number of carbonyl (C=O) groups excluding carboxylic acids is 1. The van der Waals surface area contributed by atoms with Gasteiger partial charge in [-0.25, -0.2) is 9.37 Å². The Morgan fingerprint density at radius 2 is 2.06 bits per heavy atom. The Balaban J connectivity index is 1.38. The number of amides is 1. The van der Waals surface area contributed by atoms with Crippen molar-refractivity contribution >= 4 is 5.91 Å². The second kappa shape index (κ2) is 8.86. The van der Waals surface area contributed by atoms with E-state index in [9.17, 15) is 14.0 Å². The molecule has 0 bridgehead atoms. The maximum atomic E-state index is 14.1. The van der Waals surface area contributed by atoms with E-state index in [1.165, 1.54) is 6.07 Å². The minimum Gasteiger partial charge on any atom is -0.328 e. The molecule has 0 radical (unpaired) electrons. The number of nitrogens with one attached hydrogen (secondary N) is 1. The van der Waals surface area contributed by atoms with E-state index in [2.05, 4.69) is 14.9 Å². The lowest BCUT2D eigenvalue weighted by Gasteiger charge is -2.29. The largest absolute Gasteiger partial charge is 0.328 e. The van der Waals surface area contributed by atoms with E-state index in [4.69, 9.17) is 4.98 Å². The Morgan fingerprint density at radius 1 is 1.21 bits per heavy atom. The van der Waals surface area contributed by atoms with Crippen LogP contribution in [0.3, 0.4) is 0 Å². The molecule has 1 aromatic carbocycles. The lowest BCUT2D eigenvalue weighted by molar-refractivity contribution is 0.0728. The molecule has 3 aromatic rings. The van der Waals surface area contributed by atoms with Crippen LogP contribution in [0.5, 0.6) is 0 Å². The van der Waals surface area contributed by atoms with Gasteiger partial charge in [-0.2, -0.15) is 0 Å². The number of benzene rings is 1. The van der Waals surface area contributed by atoms with Gasteiger partial charge in [-0.05, 0) is 38.0 Å². The van der Waals surface area contributed by atoms with Crippen LogP contribution in [0.2, 0.25) is 0 Å². The highest BCUT2D eigenvalue weighted by atomic mass is 19.1. The second-order valence-corrected chi connectivity index (χ2v) is 8.72. The topological polar surface area (TPSA) is 82.2 Å². The van der Waals surface area contributed by atoms with Gasteiger partial charge in [0.1, 0.15) is 11.6 Å². The van der Waals surface area contributed by atoms with Gasteiger partial charge < -0.3 is 9.88 Å². The highest BCUT2D eigenvalue weighted by Gasteiger charge is 2.34. The van der Waals surface area contributed by atoms with E-state index >= 15 is 0 Å². The van der Waals surface area contributed by atoms with Crippen molar-refractivity contribution in [2.45, 2.75) is 45.3 Å². The van der Waals surface area contributed by atoms with Crippen LogP contribution in [-0.2, 0) is 19.5 Å². The molecule has 2 aliphatic heterocycles. The molecule has 0 spiro atoms. The molecule has 7 nitrogen and oxygen atoms in total. The predicted octanol–water partition coefficient (Wildman–Crippen LogP) is 3.15. The average molecular weight is 448 g/mol. The van der Waals surface area contributed by atoms with Crippen LogP contribution in [0, 0.1) is 12.7 Å².